The first kappa shape index (κ1) is 20.9. The number of rotatable bonds is 6. The Balaban J connectivity index is 1.53. The first-order chi connectivity index (χ1) is 15.6. The number of hydrogen-bond acceptors (Lipinski definition) is 5. The molecule has 8 heteroatoms. The van der Waals surface area contributed by atoms with Gasteiger partial charge in [0.15, 0.2) is 16.1 Å². The summed E-state index contributed by atoms with van der Waals surface area (Å²) in [5, 5.41) is 0. The van der Waals surface area contributed by atoms with E-state index in [1.54, 1.807) is 11.3 Å². The highest BCUT2D eigenvalue weighted by Crippen LogP contribution is 2.40. The van der Waals surface area contributed by atoms with Crippen molar-refractivity contribution in [2.45, 2.75) is 23.2 Å². The number of amides is 2. The molecule has 3 heterocycles. The van der Waals surface area contributed by atoms with Crippen LogP contribution in [0.1, 0.15) is 12.8 Å². The second-order valence-corrected chi connectivity index (χ2v) is 10.1. The predicted molar refractivity (Wildman–Crippen MR) is 130 cm³/mol. The Hall–Kier alpha value is -2.94. The summed E-state index contributed by atoms with van der Waals surface area (Å²) >= 11 is 3.02. The fourth-order valence-corrected chi connectivity index (χ4v) is 6.68. The van der Waals surface area contributed by atoms with Crippen LogP contribution < -0.4 is 10.2 Å². The lowest BCUT2D eigenvalue weighted by Crippen LogP contribution is -2.62. The summed E-state index contributed by atoms with van der Waals surface area (Å²) in [5.41, 5.74) is 8.49. The van der Waals surface area contributed by atoms with Crippen molar-refractivity contribution in [2.24, 2.45) is 5.73 Å². The molecule has 1 aliphatic rings. The van der Waals surface area contributed by atoms with Crippen LogP contribution in [0.5, 0.6) is 0 Å². The molecule has 162 valence electrons. The summed E-state index contributed by atoms with van der Waals surface area (Å²) < 4.78 is 3.90. The van der Waals surface area contributed by atoms with Crippen molar-refractivity contribution < 1.29 is 9.59 Å². The Bertz CT molecular complexity index is 1250. The highest BCUT2D eigenvalue weighted by atomic mass is 32.2. The zero-order chi connectivity index (χ0) is 22.1. The summed E-state index contributed by atoms with van der Waals surface area (Å²) in [6.45, 7) is 0.561. The molecule has 0 aliphatic carbocycles. The molecule has 1 unspecified atom stereocenters. The number of fused-ring (bicyclic) bond motifs is 1. The Labute approximate surface area is 194 Å². The molecule has 0 saturated carbocycles. The molecule has 2 aromatic carbocycles. The van der Waals surface area contributed by atoms with Crippen molar-refractivity contribution in [3.63, 3.8) is 0 Å². The van der Waals surface area contributed by atoms with Crippen LogP contribution in [0.3, 0.4) is 0 Å². The van der Waals surface area contributed by atoms with Gasteiger partial charge < -0.3 is 10.3 Å². The largest absolute Gasteiger partial charge is 0.364 e. The lowest BCUT2D eigenvalue weighted by atomic mass is 10.1. The van der Waals surface area contributed by atoms with Crippen molar-refractivity contribution in [2.75, 3.05) is 12.3 Å². The molecule has 1 fully saturated rings. The Morgan fingerprint density at radius 3 is 2.62 bits per heavy atom. The van der Waals surface area contributed by atoms with Gasteiger partial charge in [0.1, 0.15) is 11.4 Å². The highest BCUT2D eigenvalue weighted by molar-refractivity contribution is 8.01. The van der Waals surface area contributed by atoms with Gasteiger partial charge in [0.2, 0.25) is 0 Å². The van der Waals surface area contributed by atoms with Gasteiger partial charge in [-0.15, -0.1) is 11.3 Å². The number of carbonyl (C=O) groups excluding carboxylic acids is 2. The van der Waals surface area contributed by atoms with Gasteiger partial charge in [0, 0.05) is 31.3 Å². The quantitative estimate of drug-likeness (QED) is 0.340. The fourth-order valence-electron chi connectivity index (χ4n) is 4.66. The van der Waals surface area contributed by atoms with Crippen LogP contribution in [0.25, 0.3) is 15.9 Å². The van der Waals surface area contributed by atoms with Crippen molar-refractivity contribution >= 4 is 50.8 Å². The van der Waals surface area contributed by atoms with Crippen LogP contribution in [0.2, 0.25) is 0 Å². The van der Waals surface area contributed by atoms with Crippen LogP contribution in [-0.4, -0.2) is 39.7 Å². The van der Waals surface area contributed by atoms with E-state index in [0.29, 0.717) is 13.0 Å². The maximum Gasteiger partial charge on any atom is 0.329 e. The molecule has 1 saturated heterocycles. The van der Waals surface area contributed by atoms with Crippen molar-refractivity contribution in [1.82, 2.24) is 14.0 Å². The summed E-state index contributed by atoms with van der Waals surface area (Å²) in [6.07, 6.45) is 5.27. The van der Waals surface area contributed by atoms with Gasteiger partial charge in [0.05, 0.1) is 16.8 Å². The number of likely N-dealkylation sites (tertiary alicyclic amines) is 1. The average Bonchev–Trinajstić information content (AvgIpc) is 3.56. The number of thioether (sulfide) groups is 1. The zero-order valence-electron chi connectivity index (χ0n) is 17.4. The Kier molecular flexibility index (Phi) is 5.58. The monoisotopic (exact) mass is 463 g/mol. The van der Waals surface area contributed by atoms with E-state index in [9.17, 15) is 9.59 Å². The molecular formula is C24H23N4O2S2+. The molecule has 0 bridgehead atoms. The number of para-hydroxylation sites is 3. The van der Waals surface area contributed by atoms with E-state index in [-0.39, 0.29) is 16.1 Å². The van der Waals surface area contributed by atoms with Crippen LogP contribution in [0.15, 0.2) is 77.4 Å². The second-order valence-electron chi connectivity index (χ2n) is 7.86. The third kappa shape index (κ3) is 3.54. The van der Waals surface area contributed by atoms with Gasteiger partial charge >= 0.3 is 5.91 Å². The van der Waals surface area contributed by atoms with Crippen molar-refractivity contribution in [1.29, 1.82) is 0 Å². The van der Waals surface area contributed by atoms with E-state index < -0.39 is 11.9 Å². The number of thiazole rings is 1. The number of hydrogen-bond donors (Lipinski definition) is 1. The molecule has 2 amide bonds. The van der Waals surface area contributed by atoms with Crippen LogP contribution in [0.4, 0.5) is 5.69 Å². The normalized spacial score (nSPS) is 20.6. The van der Waals surface area contributed by atoms with Crippen LogP contribution >= 0.6 is 23.1 Å². The van der Waals surface area contributed by atoms with E-state index in [2.05, 4.69) is 4.98 Å². The molecule has 0 spiro atoms. The number of primary amides is 1. The predicted octanol–water partition coefficient (Wildman–Crippen LogP) is 4.36. The summed E-state index contributed by atoms with van der Waals surface area (Å²) in [5.74, 6) is -0.220. The lowest BCUT2D eigenvalue weighted by Gasteiger charge is -2.36. The van der Waals surface area contributed by atoms with Gasteiger partial charge in [0.25, 0.3) is 5.91 Å². The number of nitrogens with zero attached hydrogens (tertiary/aromatic N) is 3. The second kappa shape index (κ2) is 8.54. The molecule has 4 aromatic rings. The highest BCUT2D eigenvalue weighted by Gasteiger charge is 2.53. The molecule has 5 rings (SSSR count). The molecule has 2 N–H and O–H groups in total. The molecule has 2 aromatic heterocycles. The van der Waals surface area contributed by atoms with Gasteiger partial charge in [-0.05, 0) is 30.3 Å². The number of aromatic nitrogens is 2. The summed E-state index contributed by atoms with van der Waals surface area (Å²) in [7, 11) is 0. The van der Waals surface area contributed by atoms with Crippen molar-refractivity contribution in [3.05, 3.63) is 73.1 Å². The molecule has 6 nitrogen and oxygen atoms in total. The lowest BCUT2D eigenvalue weighted by molar-refractivity contribution is -0.134. The SMILES string of the molecule is NC(=O)[C@H]1CCC[N+]1(C(=O)CSc1nc2ccccc2s1)c1ccccc1-n1cccc1. The first-order valence-electron chi connectivity index (χ1n) is 10.5. The van der Waals surface area contributed by atoms with Gasteiger partial charge in [-0.3, -0.25) is 4.79 Å². The Morgan fingerprint density at radius 1 is 1.09 bits per heavy atom. The minimum atomic E-state index is -0.574. The topological polar surface area (TPSA) is 78.0 Å². The van der Waals surface area contributed by atoms with E-state index in [1.807, 2.05) is 77.6 Å². The average molecular weight is 464 g/mol. The van der Waals surface area contributed by atoms with Crippen LogP contribution in [-0.2, 0) is 9.59 Å². The van der Waals surface area contributed by atoms with Crippen molar-refractivity contribution in [3.8, 4) is 5.69 Å². The summed E-state index contributed by atoms with van der Waals surface area (Å²) in [6, 6.07) is 19.1. The smallest absolute Gasteiger partial charge is 0.329 e. The third-order valence-corrected chi connectivity index (χ3v) is 8.25. The van der Waals surface area contributed by atoms with E-state index in [1.165, 1.54) is 11.8 Å². The number of benzene rings is 2. The molecule has 0 radical (unpaired) electrons. The number of quaternary nitrogens is 1. The van der Waals surface area contributed by atoms with Crippen LogP contribution in [0, 0.1) is 0 Å². The standard InChI is InChI=1S/C24H22N4O2S2/c25-23(30)20-11-7-15-28(20,19-10-3-2-9-18(19)27-13-5-6-14-27)22(29)16-31-24-26-17-8-1-4-12-21(17)32-24/h1-6,8-10,12-14,20H,7,11,15-16H2,(H-,25,30)/p+1/t20-,28?/m1/s1. The van der Waals surface area contributed by atoms with E-state index in [0.717, 1.165) is 32.4 Å². The fraction of sp³-hybridized carbons (Fsp3) is 0.208. The molecule has 1 aliphatic heterocycles. The number of carbonyl (C=O) groups is 2. The molecule has 2 atom stereocenters. The maximum atomic E-state index is 13.9. The Morgan fingerprint density at radius 2 is 1.84 bits per heavy atom. The minimum Gasteiger partial charge on any atom is -0.364 e. The van der Waals surface area contributed by atoms with E-state index in [4.69, 9.17) is 5.73 Å². The first-order valence-corrected chi connectivity index (χ1v) is 12.3. The molecular weight excluding hydrogens is 440 g/mol. The minimum absolute atomic E-state index is 0.0184. The number of nitrogens with two attached hydrogens (primary N) is 1. The van der Waals surface area contributed by atoms with Gasteiger partial charge in [-0.2, -0.15) is 0 Å². The summed E-state index contributed by atoms with van der Waals surface area (Å²) in [4.78, 5) is 31.1. The van der Waals surface area contributed by atoms with Gasteiger partial charge in [-0.25, -0.2) is 14.3 Å². The molecule has 32 heavy (non-hydrogen) atoms. The maximum absolute atomic E-state index is 13.9. The van der Waals surface area contributed by atoms with Gasteiger partial charge in [-0.1, -0.05) is 36.0 Å². The zero-order valence-corrected chi connectivity index (χ0v) is 19.0. The third-order valence-electron chi connectivity index (χ3n) is 6.08. The van der Waals surface area contributed by atoms with E-state index >= 15 is 0 Å².